The normalized spacial score (nSPS) is 49.2. The third kappa shape index (κ3) is 2.97. The van der Waals surface area contributed by atoms with Crippen LogP contribution >= 0.6 is 0 Å². The van der Waals surface area contributed by atoms with Crippen molar-refractivity contribution in [1.82, 2.24) is 0 Å². The van der Waals surface area contributed by atoms with E-state index in [4.69, 9.17) is 5.26 Å². The highest BCUT2D eigenvalue weighted by atomic mass is 17.1. The van der Waals surface area contributed by atoms with Crippen molar-refractivity contribution in [1.29, 1.82) is 0 Å². The maximum atomic E-state index is 12.8. The summed E-state index contributed by atoms with van der Waals surface area (Å²) in [6, 6.07) is 0. The first-order valence-corrected chi connectivity index (χ1v) is 13.8. The first-order chi connectivity index (χ1) is 15.3. The molecule has 0 aromatic carbocycles. The van der Waals surface area contributed by atoms with Gasteiger partial charge in [-0.2, -0.15) is 0 Å². The van der Waals surface area contributed by atoms with Gasteiger partial charge < -0.3 is 0 Å². The van der Waals surface area contributed by atoms with Crippen molar-refractivity contribution in [3.8, 4) is 0 Å². The maximum Gasteiger partial charge on any atom is 0.138 e. The minimum Gasteiger partial charge on any atom is -0.299 e. The highest BCUT2D eigenvalue weighted by molar-refractivity contribution is 5.86. The summed E-state index contributed by atoms with van der Waals surface area (Å²) in [5, 5.41) is 9.10. The first kappa shape index (κ1) is 24.0. The van der Waals surface area contributed by atoms with Gasteiger partial charge >= 0.3 is 0 Å². The Bertz CT molecular complexity index is 857. The van der Waals surface area contributed by atoms with Gasteiger partial charge in [0.1, 0.15) is 11.4 Å². The van der Waals surface area contributed by atoms with Gasteiger partial charge in [0.05, 0.1) is 0 Å². The second-order valence-electron chi connectivity index (χ2n) is 14.6. The molecule has 0 saturated heterocycles. The van der Waals surface area contributed by atoms with Crippen LogP contribution in [0.25, 0.3) is 0 Å². The van der Waals surface area contributed by atoms with E-state index in [1.807, 2.05) is 19.9 Å². The van der Waals surface area contributed by atoms with Crippen LogP contribution in [0.1, 0.15) is 113 Å². The molecule has 5 rings (SSSR count). The number of ketones is 1. The molecule has 8 atom stereocenters. The molecule has 2 spiro atoms. The fourth-order valence-electron chi connectivity index (χ4n) is 10.9. The lowest BCUT2D eigenvalue weighted by molar-refractivity contribution is -0.297. The zero-order valence-electron chi connectivity index (χ0n) is 22.3. The van der Waals surface area contributed by atoms with Gasteiger partial charge in [-0.1, -0.05) is 46.8 Å². The van der Waals surface area contributed by atoms with Crippen LogP contribution in [0.15, 0.2) is 12.2 Å². The van der Waals surface area contributed by atoms with Crippen molar-refractivity contribution in [2.24, 2.45) is 50.7 Å². The van der Waals surface area contributed by atoms with Crippen molar-refractivity contribution in [2.75, 3.05) is 0 Å². The van der Waals surface area contributed by atoms with E-state index >= 15 is 0 Å². The van der Waals surface area contributed by atoms with Crippen LogP contribution in [0.3, 0.4) is 0 Å². The molecule has 3 nitrogen and oxygen atoms in total. The Morgan fingerprint density at radius 2 is 1.67 bits per heavy atom. The summed E-state index contributed by atoms with van der Waals surface area (Å²) in [5.74, 6) is 3.40. The van der Waals surface area contributed by atoms with Crippen LogP contribution in [0.4, 0.5) is 0 Å². The molecular weight excluding hydrogens is 408 g/mol. The van der Waals surface area contributed by atoms with Gasteiger partial charge in [0, 0.05) is 11.8 Å². The van der Waals surface area contributed by atoms with Gasteiger partial charge in [-0.25, -0.2) is 4.89 Å². The molecule has 0 bridgehead atoms. The molecule has 0 aromatic rings. The molecular formula is C30H48O3. The van der Waals surface area contributed by atoms with Gasteiger partial charge in [-0.15, -0.1) is 0 Å². The number of fused-ring (bicyclic) bond motifs is 2. The topological polar surface area (TPSA) is 46.5 Å². The fraction of sp³-hybridized carbons (Fsp3) is 0.900. The molecule has 0 aliphatic heterocycles. The number of hydrogen-bond acceptors (Lipinski definition) is 3. The minimum atomic E-state index is -0.612. The Balaban J connectivity index is 1.38. The summed E-state index contributed by atoms with van der Waals surface area (Å²) in [6.45, 7) is 16.1. The van der Waals surface area contributed by atoms with Crippen LogP contribution in [-0.4, -0.2) is 16.6 Å². The monoisotopic (exact) mass is 456 g/mol. The lowest BCUT2D eigenvalue weighted by Gasteiger charge is -2.62. The molecule has 5 aliphatic rings. The Labute approximate surface area is 202 Å². The van der Waals surface area contributed by atoms with E-state index in [1.54, 1.807) is 0 Å². The summed E-state index contributed by atoms with van der Waals surface area (Å²) in [5.41, 5.74) is 1.12. The lowest BCUT2D eigenvalue weighted by Crippen LogP contribution is -2.57. The average Bonchev–Trinajstić information content (AvgIpc) is 3.33. The Kier molecular flexibility index (Phi) is 5.24. The molecule has 5 aliphatic carbocycles. The van der Waals surface area contributed by atoms with Gasteiger partial charge in [0.25, 0.3) is 0 Å². The molecule has 0 unspecified atom stereocenters. The zero-order chi connectivity index (χ0) is 24.1. The predicted octanol–water partition coefficient (Wildman–Crippen LogP) is 7.85. The number of carbonyl (C=O) groups is 1. The van der Waals surface area contributed by atoms with Crippen molar-refractivity contribution < 1.29 is 14.9 Å². The van der Waals surface area contributed by atoms with Crippen LogP contribution < -0.4 is 0 Å². The van der Waals surface area contributed by atoms with Crippen molar-refractivity contribution in [3.63, 3.8) is 0 Å². The number of allylic oxidation sites excluding steroid dienone is 1. The third-order valence-corrected chi connectivity index (χ3v) is 12.9. The predicted molar refractivity (Wildman–Crippen MR) is 133 cm³/mol. The second kappa shape index (κ2) is 7.19. The molecule has 186 valence electrons. The number of Topliss-reactive ketones (excluding diaryl/α,β-unsaturated/α-hetero) is 1. The molecule has 0 radical (unpaired) electrons. The highest BCUT2D eigenvalue weighted by Gasteiger charge is 2.82. The number of hydrogen-bond donors (Lipinski definition) is 1. The van der Waals surface area contributed by atoms with Gasteiger partial charge in [0.15, 0.2) is 0 Å². The summed E-state index contributed by atoms with van der Waals surface area (Å²) in [7, 11) is 0. The van der Waals surface area contributed by atoms with E-state index in [1.165, 1.54) is 51.4 Å². The van der Waals surface area contributed by atoms with E-state index in [2.05, 4.69) is 45.6 Å². The highest BCUT2D eigenvalue weighted by Crippen LogP contribution is 2.88. The first-order valence-electron chi connectivity index (χ1n) is 13.8. The van der Waals surface area contributed by atoms with Crippen LogP contribution in [-0.2, 0) is 9.68 Å². The molecule has 1 N–H and O–H groups in total. The second-order valence-corrected chi connectivity index (χ2v) is 14.6. The SMILES string of the molecule is C[C@H](C/C=C/C(C)(C)OO)[C@H]1CC[C@@]2(C)[C@@H]3CC[C@H]4C(C)(C)C(=O)CC[C@@]45C[C@@]35CC[C@]12C. The Hall–Kier alpha value is -0.670. The van der Waals surface area contributed by atoms with Gasteiger partial charge in [-0.05, 0) is 117 Å². The quantitative estimate of drug-likeness (QED) is 0.260. The molecule has 5 fully saturated rings. The van der Waals surface area contributed by atoms with E-state index in [-0.39, 0.29) is 5.41 Å². The van der Waals surface area contributed by atoms with Crippen molar-refractivity contribution in [2.45, 2.75) is 118 Å². The van der Waals surface area contributed by atoms with E-state index in [0.717, 1.165) is 24.7 Å². The Morgan fingerprint density at radius 3 is 2.36 bits per heavy atom. The lowest BCUT2D eigenvalue weighted by atomic mass is 9.42. The van der Waals surface area contributed by atoms with Gasteiger partial charge in [-0.3, -0.25) is 10.1 Å². The number of carbonyl (C=O) groups excluding carboxylic acids is 1. The van der Waals surface area contributed by atoms with E-state index < -0.39 is 5.60 Å². The molecule has 0 amide bonds. The zero-order valence-corrected chi connectivity index (χ0v) is 22.3. The smallest absolute Gasteiger partial charge is 0.138 e. The van der Waals surface area contributed by atoms with E-state index in [0.29, 0.717) is 39.3 Å². The molecule has 3 heteroatoms. The average molecular weight is 457 g/mol. The Morgan fingerprint density at radius 1 is 1.00 bits per heavy atom. The molecule has 5 saturated carbocycles. The van der Waals surface area contributed by atoms with E-state index in [9.17, 15) is 4.79 Å². The van der Waals surface area contributed by atoms with Crippen molar-refractivity contribution in [3.05, 3.63) is 12.2 Å². The molecule has 33 heavy (non-hydrogen) atoms. The largest absolute Gasteiger partial charge is 0.299 e. The summed E-state index contributed by atoms with van der Waals surface area (Å²) in [6.07, 6.45) is 16.8. The minimum absolute atomic E-state index is 0.112. The summed E-state index contributed by atoms with van der Waals surface area (Å²) >= 11 is 0. The van der Waals surface area contributed by atoms with Crippen molar-refractivity contribution >= 4 is 5.78 Å². The maximum absolute atomic E-state index is 12.8. The summed E-state index contributed by atoms with van der Waals surface area (Å²) < 4.78 is 0. The molecule has 0 heterocycles. The fourth-order valence-corrected chi connectivity index (χ4v) is 10.9. The molecule has 0 aromatic heterocycles. The van der Waals surface area contributed by atoms with Gasteiger partial charge in [0.2, 0.25) is 0 Å². The number of rotatable bonds is 5. The third-order valence-electron chi connectivity index (χ3n) is 12.9. The summed E-state index contributed by atoms with van der Waals surface area (Å²) in [4.78, 5) is 17.4. The van der Waals surface area contributed by atoms with Crippen LogP contribution in [0, 0.1) is 50.7 Å². The standard InChI is InChI=1S/C30H48O3/c1-20(9-8-14-25(2,3)33-32)21-12-15-28(7)23-11-10-22-26(4,5)24(31)13-16-29(22)19-30(23,29)18-17-27(21,28)6/h8,14,20-23,32H,9-13,15-19H2,1-7H3/b14-8+/t20-,21-,22+,23+,27-,28+,29-,30+/m1/s1. The van der Waals surface area contributed by atoms with Crippen LogP contribution in [0.5, 0.6) is 0 Å². The van der Waals surface area contributed by atoms with Crippen LogP contribution in [0.2, 0.25) is 0 Å².